The molecule has 3 rings (SSSR count). The summed E-state index contributed by atoms with van der Waals surface area (Å²) in [4.78, 5) is 12.8. The van der Waals surface area contributed by atoms with Gasteiger partial charge in [0, 0.05) is 0 Å². The molecule has 7 nitrogen and oxygen atoms in total. The number of anilines is 1. The second-order valence-corrected chi connectivity index (χ2v) is 9.63. The molecule has 0 aliphatic carbocycles. The number of nitrogens with zero attached hydrogens (tertiary/aromatic N) is 1. The summed E-state index contributed by atoms with van der Waals surface area (Å²) < 4.78 is 39.1. The van der Waals surface area contributed by atoms with Gasteiger partial charge in [0.15, 0.2) is 0 Å². The van der Waals surface area contributed by atoms with Gasteiger partial charge in [0.2, 0.25) is 5.91 Å². The van der Waals surface area contributed by atoms with Crippen LogP contribution in [0.15, 0.2) is 77.7 Å². The monoisotopic (exact) mass is 482 g/mol. The third-order valence-corrected chi connectivity index (χ3v) is 6.80. The maximum atomic E-state index is 13.4. The number of carbonyl (C=O) groups is 1. The molecule has 0 radical (unpaired) electrons. The van der Waals surface area contributed by atoms with E-state index in [1.165, 1.54) is 0 Å². The molecule has 0 aliphatic heterocycles. The van der Waals surface area contributed by atoms with Gasteiger partial charge in [0.1, 0.15) is 24.7 Å². The number of carbonyl (C=O) groups excluding carboxylic acids is 1. The number of benzene rings is 3. The summed E-state index contributed by atoms with van der Waals surface area (Å²) in [7, 11) is -3.97. The highest BCUT2D eigenvalue weighted by atomic mass is 32.2. The van der Waals surface area contributed by atoms with Crippen molar-refractivity contribution in [1.29, 1.82) is 0 Å². The molecule has 1 N–H and O–H groups in total. The maximum Gasteiger partial charge on any atom is 0.264 e. The average molecular weight is 483 g/mol. The first-order valence-corrected chi connectivity index (χ1v) is 12.5. The lowest BCUT2D eigenvalue weighted by molar-refractivity contribution is -0.119. The van der Waals surface area contributed by atoms with Gasteiger partial charge in [-0.15, -0.1) is 0 Å². The predicted molar refractivity (Wildman–Crippen MR) is 133 cm³/mol. The van der Waals surface area contributed by atoms with Crippen LogP contribution in [0, 0.1) is 13.8 Å². The molecule has 8 heteroatoms. The average Bonchev–Trinajstić information content (AvgIpc) is 2.81. The van der Waals surface area contributed by atoms with Crippen LogP contribution in [-0.2, 0) is 14.8 Å². The first kappa shape index (κ1) is 25.1. The molecule has 0 unspecified atom stereocenters. The Hall–Kier alpha value is -3.52. The molecule has 0 aromatic heterocycles. The summed E-state index contributed by atoms with van der Waals surface area (Å²) in [6, 6.07) is 20.8. The Morgan fingerprint density at radius 2 is 1.59 bits per heavy atom. The van der Waals surface area contributed by atoms with Crippen LogP contribution in [-0.4, -0.2) is 40.6 Å². The molecule has 0 bridgehead atoms. The largest absolute Gasteiger partial charge is 0.494 e. The van der Waals surface area contributed by atoms with E-state index in [2.05, 4.69) is 5.32 Å². The lowest BCUT2D eigenvalue weighted by Crippen LogP contribution is -2.41. The molecular weight excluding hydrogens is 452 g/mol. The fourth-order valence-corrected chi connectivity index (χ4v) is 4.70. The number of aryl methyl sites for hydroxylation is 2. The summed E-state index contributed by atoms with van der Waals surface area (Å²) in [5.74, 6) is 0.904. The molecule has 0 spiro atoms. The Labute approximate surface area is 201 Å². The lowest BCUT2D eigenvalue weighted by atomic mass is 10.2. The number of ether oxygens (including phenoxy) is 2. The second kappa shape index (κ2) is 11.6. The van der Waals surface area contributed by atoms with Crippen molar-refractivity contribution in [3.63, 3.8) is 0 Å². The van der Waals surface area contributed by atoms with E-state index in [4.69, 9.17) is 9.47 Å². The van der Waals surface area contributed by atoms with Crippen LogP contribution in [0.25, 0.3) is 0 Å². The summed E-state index contributed by atoms with van der Waals surface area (Å²) >= 11 is 0. The van der Waals surface area contributed by atoms with Crippen LogP contribution >= 0.6 is 0 Å². The van der Waals surface area contributed by atoms with Gasteiger partial charge in [-0.05, 0) is 74.9 Å². The molecule has 0 aliphatic rings. The smallest absolute Gasteiger partial charge is 0.264 e. The van der Waals surface area contributed by atoms with Crippen molar-refractivity contribution in [2.45, 2.75) is 25.7 Å². The zero-order valence-corrected chi connectivity index (χ0v) is 20.5. The Morgan fingerprint density at radius 1 is 0.882 bits per heavy atom. The van der Waals surface area contributed by atoms with Gasteiger partial charge in [-0.2, -0.15) is 0 Å². The van der Waals surface area contributed by atoms with Gasteiger partial charge in [0.05, 0.1) is 23.7 Å². The Morgan fingerprint density at radius 3 is 2.24 bits per heavy atom. The van der Waals surface area contributed by atoms with E-state index in [0.717, 1.165) is 15.4 Å². The lowest BCUT2D eigenvalue weighted by Gasteiger charge is -2.24. The zero-order chi connectivity index (χ0) is 24.6. The van der Waals surface area contributed by atoms with Gasteiger partial charge in [-0.1, -0.05) is 29.8 Å². The number of hydrogen-bond donors (Lipinski definition) is 1. The van der Waals surface area contributed by atoms with Crippen LogP contribution in [0.2, 0.25) is 0 Å². The SMILES string of the molecule is CCOc1ccc(N(CC(=O)NCCOc2cccc(C)c2)S(=O)(=O)c2ccc(C)cc2)cc1. The van der Waals surface area contributed by atoms with Crippen molar-refractivity contribution >= 4 is 21.6 Å². The quantitative estimate of drug-likeness (QED) is 0.416. The summed E-state index contributed by atoms with van der Waals surface area (Å²) in [5, 5.41) is 2.74. The standard InChI is InChI=1S/C26H30N2O5S/c1-4-32-23-12-10-22(11-13-23)28(34(30,31)25-14-8-20(2)9-15-25)19-26(29)27-16-17-33-24-7-5-6-21(3)18-24/h5-15,18H,4,16-17,19H2,1-3H3,(H,27,29). The van der Waals surface area contributed by atoms with Crippen LogP contribution in [0.1, 0.15) is 18.1 Å². The Balaban J connectivity index is 1.72. The van der Waals surface area contributed by atoms with Crippen molar-refractivity contribution in [2.75, 3.05) is 30.6 Å². The minimum atomic E-state index is -3.97. The fraction of sp³-hybridized carbons (Fsp3) is 0.269. The molecule has 1 amide bonds. The topological polar surface area (TPSA) is 84.9 Å². The highest BCUT2D eigenvalue weighted by Gasteiger charge is 2.27. The van der Waals surface area contributed by atoms with Crippen LogP contribution in [0.3, 0.4) is 0 Å². The zero-order valence-electron chi connectivity index (χ0n) is 19.7. The van der Waals surface area contributed by atoms with Crippen molar-refractivity contribution in [2.24, 2.45) is 0 Å². The van der Waals surface area contributed by atoms with Gasteiger partial charge in [-0.25, -0.2) is 8.42 Å². The third kappa shape index (κ3) is 6.74. The predicted octanol–water partition coefficient (Wildman–Crippen LogP) is 4.09. The first-order chi connectivity index (χ1) is 16.3. The minimum Gasteiger partial charge on any atom is -0.494 e. The van der Waals surface area contributed by atoms with E-state index in [0.29, 0.717) is 23.8 Å². The summed E-state index contributed by atoms with van der Waals surface area (Å²) in [5.41, 5.74) is 2.39. The van der Waals surface area contributed by atoms with Crippen molar-refractivity contribution in [3.05, 3.63) is 83.9 Å². The number of nitrogens with one attached hydrogen (secondary N) is 1. The minimum absolute atomic E-state index is 0.113. The third-order valence-electron chi connectivity index (χ3n) is 5.01. The Bertz CT molecular complexity index is 1190. The number of rotatable bonds is 11. The van der Waals surface area contributed by atoms with Gasteiger partial charge < -0.3 is 14.8 Å². The molecule has 0 saturated heterocycles. The normalized spacial score (nSPS) is 11.0. The maximum absolute atomic E-state index is 13.4. The molecule has 180 valence electrons. The van der Waals surface area contributed by atoms with Crippen LogP contribution in [0.4, 0.5) is 5.69 Å². The van der Waals surface area contributed by atoms with Crippen molar-refractivity contribution in [1.82, 2.24) is 5.32 Å². The van der Waals surface area contributed by atoms with Gasteiger partial charge in [-0.3, -0.25) is 9.10 Å². The van der Waals surface area contributed by atoms with E-state index in [1.807, 2.05) is 45.0 Å². The van der Waals surface area contributed by atoms with E-state index in [-0.39, 0.29) is 24.6 Å². The van der Waals surface area contributed by atoms with E-state index < -0.39 is 15.9 Å². The van der Waals surface area contributed by atoms with Gasteiger partial charge >= 0.3 is 0 Å². The Kier molecular flexibility index (Phi) is 8.54. The van der Waals surface area contributed by atoms with Gasteiger partial charge in [0.25, 0.3) is 10.0 Å². The van der Waals surface area contributed by atoms with Crippen molar-refractivity contribution in [3.8, 4) is 11.5 Å². The van der Waals surface area contributed by atoms with Crippen LogP contribution < -0.4 is 19.1 Å². The molecule has 34 heavy (non-hydrogen) atoms. The van der Waals surface area contributed by atoms with Crippen LogP contribution in [0.5, 0.6) is 11.5 Å². The molecular formula is C26H30N2O5S. The fourth-order valence-electron chi connectivity index (χ4n) is 3.28. The van der Waals surface area contributed by atoms with E-state index in [9.17, 15) is 13.2 Å². The first-order valence-electron chi connectivity index (χ1n) is 11.1. The second-order valence-electron chi connectivity index (χ2n) is 7.77. The molecule has 3 aromatic carbocycles. The molecule has 3 aromatic rings. The summed E-state index contributed by atoms with van der Waals surface area (Å²) in [6.07, 6.45) is 0. The number of amides is 1. The molecule has 0 atom stereocenters. The van der Waals surface area contributed by atoms with E-state index in [1.54, 1.807) is 48.5 Å². The molecule has 0 fully saturated rings. The highest BCUT2D eigenvalue weighted by molar-refractivity contribution is 7.92. The molecule has 0 heterocycles. The van der Waals surface area contributed by atoms with Crippen molar-refractivity contribution < 1.29 is 22.7 Å². The van der Waals surface area contributed by atoms with E-state index >= 15 is 0 Å². The number of hydrogen-bond acceptors (Lipinski definition) is 5. The summed E-state index contributed by atoms with van der Waals surface area (Å²) in [6.45, 7) is 6.37. The highest BCUT2D eigenvalue weighted by Crippen LogP contribution is 2.26. The number of sulfonamides is 1. The molecule has 0 saturated carbocycles.